The maximum absolute atomic E-state index is 10.1. The number of thiophene rings is 1. The van der Waals surface area contributed by atoms with E-state index in [4.69, 9.17) is 30.1 Å². The van der Waals surface area contributed by atoms with E-state index in [0.29, 0.717) is 46.2 Å². The van der Waals surface area contributed by atoms with Crippen molar-refractivity contribution in [2.24, 2.45) is 0 Å². The molecule has 2 aliphatic heterocycles. The minimum atomic E-state index is -0.358. The lowest BCUT2D eigenvalue weighted by molar-refractivity contribution is 0.117. The fourth-order valence-corrected chi connectivity index (χ4v) is 9.52. The number of nitrogens with two attached hydrogens (primary N) is 1. The SMILES string of the molecule is C[C@H](Oc1cc(N2C[C@H](C)N(C)[C@@H](C)C2)nc(-c2onc3c2CCC[C@@]32CCCc3sc(N)c(C#N)c32)n1)[C@@H]1CCCN1C. The molecule has 2 N–H and O–H groups in total. The van der Waals surface area contributed by atoms with Crippen LogP contribution < -0.4 is 15.4 Å². The van der Waals surface area contributed by atoms with Crippen molar-refractivity contribution in [1.29, 1.82) is 5.26 Å². The van der Waals surface area contributed by atoms with Crippen molar-refractivity contribution in [1.82, 2.24) is 24.9 Å². The van der Waals surface area contributed by atoms with Crippen LogP contribution in [-0.2, 0) is 18.3 Å². The maximum atomic E-state index is 10.1. The number of ether oxygens (including phenoxy) is 1. The number of rotatable bonds is 5. The van der Waals surface area contributed by atoms with Crippen molar-refractivity contribution < 1.29 is 9.26 Å². The van der Waals surface area contributed by atoms with Crippen LogP contribution in [0.15, 0.2) is 10.6 Å². The van der Waals surface area contributed by atoms with Gasteiger partial charge in [0.25, 0.3) is 0 Å². The van der Waals surface area contributed by atoms with E-state index in [1.165, 1.54) is 11.3 Å². The summed E-state index contributed by atoms with van der Waals surface area (Å²) in [4.78, 5) is 18.5. The van der Waals surface area contributed by atoms with Crippen LogP contribution in [-0.4, -0.2) is 82.9 Å². The second-order valence-corrected chi connectivity index (χ2v) is 14.7. The molecule has 0 bridgehead atoms. The monoisotopic (exact) mass is 616 g/mol. The number of fused-ring (bicyclic) bond motifs is 4. The summed E-state index contributed by atoms with van der Waals surface area (Å²) in [5.74, 6) is 2.58. The first kappa shape index (κ1) is 29.5. The lowest BCUT2D eigenvalue weighted by atomic mass is 9.62. The molecule has 4 aliphatic rings. The van der Waals surface area contributed by atoms with Gasteiger partial charge in [0.1, 0.15) is 23.0 Å². The normalized spacial score (nSPS) is 28.1. The fourth-order valence-electron chi connectivity index (χ4n) is 8.36. The average molecular weight is 617 g/mol. The van der Waals surface area contributed by atoms with Gasteiger partial charge < -0.3 is 19.9 Å². The smallest absolute Gasteiger partial charge is 0.219 e. The number of hydrogen-bond acceptors (Lipinski definition) is 11. The number of likely N-dealkylation sites (N-methyl/N-ethyl adjacent to an activating group) is 2. The summed E-state index contributed by atoms with van der Waals surface area (Å²) in [6, 6.07) is 5.56. The summed E-state index contributed by atoms with van der Waals surface area (Å²) in [7, 11) is 4.37. The molecule has 2 aliphatic carbocycles. The summed E-state index contributed by atoms with van der Waals surface area (Å²) in [5, 5.41) is 15.5. The second kappa shape index (κ2) is 11.3. The van der Waals surface area contributed by atoms with Crippen molar-refractivity contribution in [3.05, 3.63) is 33.3 Å². The van der Waals surface area contributed by atoms with Gasteiger partial charge in [0.2, 0.25) is 17.5 Å². The molecule has 1 spiro atoms. The predicted molar refractivity (Wildman–Crippen MR) is 172 cm³/mol. The third kappa shape index (κ3) is 4.77. The lowest BCUT2D eigenvalue weighted by Crippen LogP contribution is -2.55. The van der Waals surface area contributed by atoms with Gasteiger partial charge in [0, 0.05) is 53.1 Å². The average Bonchev–Trinajstić information content (AvgIpc) is 3.72. The number of aryl methyl sites for hydroxylation is 1. The molecule has 3 aromatic heterocycles. The number of nitrogens with zero attached hydrogens (tertiary/aromatic N) is 7. The van der Waals surface area contributed by atoms with E-state index in [1.807, 2.05) is 6.07 Å². The number of piperazine rings is 1. The van der Waals surface area contributed by atoms with Gasteiger partial charge in [-0.05, 0) is 98.3 Å². The molecular formula is C33H44N8O2S. The van der Waals surface area contributed by atoms with Crippen molar-refractivity contribution in [3.63, 3.8) is 0 Å². The van der Waals surface area contributed by atoms with E-state index in [-0.39, 0.29) is 11.5 Å². The standard InChI is InChI=1S/C33H44N8O2S/c1-19-17-41(18-20(2)40(19)5)26-15-27(42-21(3)24-10-8-14-39(24)4)37-32(36-26)29-22-9-6-12-33(30(22)38-43-29)13-7-11-25-28(33)23(16-34)31(35)44-25/h15,19-21,24H,6-14,17-18,35H2,1-5H3/t19-,20-,21-,24-,33-/m0/s1. The molecule has 10 nitrogen and oxygen atoms in total. The van der Waals surface area contributed by atoms with Crippen molar-refractivity contribution in [2.75, 3.05) is 44.4 Å². The van der Waals surface area contributed by atoms with Gasteiger partial charge in [0.15, 0.2) is 0 Å². The molecule has 0 aromatic carbocycles. The summed E-state index contributed by atoms with van der Waals surface area (Å²) in [6.45, 7) is 9.50. The molecule has 11 heteroatoms. The summed E-state index contributed by atoms with van der Waals surface area (Å²) in [6.07, 6.45) is 7.96. The van der Waals surface area contributed by atoms with Gasteiger partial charge in [-0.2, -0.15) is 10.2 Å². The van der Waals surface area contributed by atoms with E-state index < -0.39 is 0 Å². The summed E-state index contributed by atoms with van der Waals surface area (Å²) in [5.41, 5.74) is 9.72. The number of likely N-dealkylation sites (tertiary alicyclic amines) is 1. The van der Waals surface area contributed by atoms with E-state index in [9.17, 15) is 5.26 Å². The Morgan fingerprint density at radius 1 is 1.14 bits per heavy atom. The Bertz CT molecular complexity index is 1580. The van der Waals surface area contributed by atoms with Crippen molar-refractivity contribution in [3.8, 4) is 23.5 Å². The minimum Gasteiger partial charge on any atom is -0.473 e. The first-order valence-electron chi connectivity index (χ1n) is 16.2. The Labute approximate surface area is 264 Å². The molecular weight excluding hydrogens is 572 g/mol. The zero-order chi connectivity index (χ0) is 30.7. The van der Waals surface area contributed by atoms with Crippen LogP contribution in [0.2, 0.25) is 0 Å². The first-order valence-corrected chi connectivity index (χ1v) is 17.1. The quantitative estimate of drug-likeness (QED) is 0.419. The maximum Gasteiger partial charge on any atom is 0.219 e. The van der Waals surface area contributed by atoms with Crippen molar-refractivity contribution in [2.45, 2.75) is 102 Å². The van der Waals surface area contributed by atoms with Crippen LogP contribution in [0, 0.1) is 11.3 Å². The predicted octanol–water partition coefficient (Wildman–Crippen LogP) is 5.00. The van der Waals surface area contributed by atoms with Crippen LogP contribution in [0.1, 0.15) is 86.6 Å². The Kier molecular flexibility index (Phi) is 7.58. The first-order chi connectivity index (χ1) is 21.2. The molecule has 2 saturated heterocycles. The van der Waals surface area contributed by atoms with Gasteiger partial charge in [-0.25, -0.2) is 4.98 Å². The zero-order valence-corrected chi connectivity index (χ0v) is 27.4. The summed E-state index contributed by atoms with van der Waals surface area (Å²) < 4.78 is 12.8. The highest BCUT2D eigenvalue weighted by Gasteiger charge is 2.48. The van der Waals surface area contributed by atoms with Gasteiger partial charge >= 0.3 is 0 Å². The second-order valence-electron chi connectivity index (χ2n) is 13.5. The van der Waals surface area contributed by atoms with Gasteiger partial charge in [-0.15, -0.1) is 11.3 Å². The van der Waals surface area contributed by atoms with Crippen LogP contribution in [0.4, 0.5) is 10.8 Å². The number of nitrogen functional groups attached to an aromatic ring is 1. The highest BCUT2D eigenvalue weighted by atomic mass is 32.1. The highest BCUT2D eigenvalue weighted by molar-refractivity contribution is 7.16. The molecule has 0 saturated carbocycles. The molecule has 0 unspecified atom stereocenters. The molecule has 234 valence electrons. The highest BCUT2D eigenvalue weighted by Crippen LogP contribution is 2.54. The van der Waals surface area contributed by atoms with Crippen molar-refractivity contribution >= 4 is 22.2 Å². The Morgan fingerprint density at radius 3 is 2.59 bits per heavy atom. The Balaban J connectivity index is 1.31. The minimum absolute atomic E-state index is 0.00976. The molecule has 7 rings (SSSR count). The number of nitriles is 1. The third-order valence-corrected chi connectivity index (χ3v) is 12.0. The van der Waals surface area contributed by atoms with Crippen LogP contribution in [0.3, 0.4) is 0 Å². The molecule has 0 radical (unpaired) electrons. The largest absolute Gasteiger partial charge is 0.473 e. The van der Waals surface area contributed by atoms with Gasteiger partial charge in [-0.3, -0.25) is 9.80 Å². The third-order valence-electron chi connectivity index (χ3n) is 10.9. The lowest BCUT2D eigenvalue weighted by Gasteiger charge is -2.43. The Morgan fingerprint density at radius 2 is 1.89 bits per heavy atom. The van der Waals surface area contributed by atoms with Crippen LogP contribution in [0.25, 0.3) is 11.6 Å². The van der Waals surface area contributed by atoms with E-state index >= 15 is 0 Å². The van der Waals surface area contributed by atoms with E-state index in [0.717, 1.165) is 87.2 Å². The van der Waals surface area contributed by atoms with Gasteiger partial charge in [-0.1, -0.05) is 5.16 Å². The molecule has 5 heterocycles. The molecule has 2 fully saturated rings. The summed E-state index contributed by atoms with van der Waals surface area (Å²) >= 11 is 1.57. The number of hydrogen-bond donors (Lipinski definition) is 1. The van der Waals surface area contributed by atoms with Crippen LogP contribution in [0.5, 0.6) is 5.88 Å². The van der Waals surface area contributed by atoms with Crippen LogP contribution >= 0.6 is 11.3 Å². The number of aromatic nitrogens is 3. The van der Waals surface area contributed by atoms with E-state index in [1.54, 1.807) is 11.3 Å². The number of anilines is 2. The molecule has 5 atom stereocenters. The molecule has 44 heavy (non-hydrogen) atoms. The topological polar surface area (TPSA) is 121 Å². The molecule has 3 aromatic rings. The van der Waals surface area contributed by atoms with Gasteiger partial charge in [0.05, 0.1) is 11.3 Å². The van der Waals surface area contributed by atoms with E-state index in [2.05, 4.69) is 55.6 Å². The fraction of sp³-hybridized carbons (Fsp3) is 0.636. The molecule has 0 amide bonds. The zero-order valence-electron chi connectivity index (χ0n) is 26.6. The Hall–Kier alpha value is -3.20.